The largest absolute Gasteiger partial charge is 0.343 e. The molecule has 2 saturated heterocycles. The van der Waals surface area contributed by atoms with Crippen LogP contribution in [0.4, 0.5) is 0 Å². The Hall–Kier alpha value is -0.370. The van der Waals surface area contributed by atoms with Crippen molar-refractivity contribution in [3.05, 3.63) is 0 Å². The van der Waals surface area contributed by atoms with Crippen LogP contribution in [-0.4, -0.2) is 68.6 Å². The lowest BCUT2D eigenvalue weighted by Crippen LogP contribution is -2.48. The summed E-state index contributed by atoms with van der Waals surface area (Å²) >= 11 is 0. The number of hydrogen-bond donors (Lipinski definition) is 1. The molecular formula is C17H34ClN3O3S. The summed E-state index contributed by atoms with van der Waals surface area (Å²) < 4.78 is 25.2. The molecule has 0 aromatic heterocycles. The number of piperidine rings is 2. The minimum absolute atomic E-state index is 0. The van der Waals surface area contributed by atoms with Gasteiger partial charge in [0.2, 0.25) is 15.9 Å². The Balaban J connectivity index is 0.00000312. The van der Waals surface area contributed by atoms with Gasteiger partial charge in [-0.3, -0.25) is 4.79 Å². The molecule has 1 amide bonds. The van der Waals surface area contributed by atoms with E-state index >= 15 is 0 Å². The van der Waals surface area contributed by atoms with Crippen molar-refractivity contribution in [3.8, 4) is 0 Å². The Morgan fingerprint density at radius 2 is 1.92 bits per heavy atom. The van der Waals surface area contributed by atoms with E-state index in [0.29, 0.717) is 37.9 Å². The molecule has 8 heteroatoms. The van der Waals surface area contributed by atoms with Gasteiger partial charge < -0.3 is 10.2 Å². The highest BCUT2D eigenvalue weighted by atomic mass is 35.5. The molecule has 1 N–H and O–H groups in total. The highest BCUT2D eigenvalue weighted by molar-refractivity contribution is 7.88. The molecule has 0 spiro atoms. The number of hydrogen-bond acceptors (Lipinski definition) is 4. The van der Waals surface area contributed by atoms with Gasteiger partial charge in [-0.2, -0.15) is 4.31 Å². The summed E-state index contributed by atoms with van der Waals surface area (Å²) in [6, 6.07) is 0.0361. The number of rotatable bonds is 6. The fourth-order valence-electron chi connectivity index (χ4n) is 4.10. The molecule has 0 radical (unpaired) electrons. The smallest absolute Gasteiger partial charge is 0.222 e. The van der Waals surface area contributed by atoms with E-state index in [1.807, 2.05) is 11.8 Å². The summed E-state index contributed by atoms with van der Waals surface area (Å²) in [5.41, 5.74) is 0. The van der Waals surface area contributed by atoms with Crippen molar-refractivity contribution >= 4 is 28.3 Å². The fraction of sp³-hybridized carbons (Fsp3) is 0.941. The molecule has 0 aromatic rings. The Kier molecular flexibility index (Phi) is 9.15. The molecule has 0 aliphatic carbocycles. The first-order valence-corrected chi connectivity index (χ1v) is 11.1. The maximum atomic E-state index is 12.6. The van der Waals surface area contributed by atoms with Crippen molar-refractivity contribution < 1.29 is 13.2 Å². The normalized spacial score (nSPS) is 24.0. The van der Waals surface area contributed by atoms with Crippen LogP contribution in [0.1, 0.15) is 46.0 Å². The van der Waals surface area contributed by atoms with E-state index in [4.69, 9.17) is 0 Å². The van der Waals surface area contributed by atoms with Crippen molar-refractivity contribution in [2.45, 2.75) is 52.0 Å². The van der Waals surface area contributed by atoms with Crippen molar-refractivity contribution in [1.29, 1.82) is 0 Å². The van der Waals surface area contributed by atoms with Gasteiger partial charge in [-0.25, -0.2) is 8.42 Å². The van der Waals surface area contributed by atoms with E-state index in [-0.39, 0.29) is 24.4 Å². The number of halogens is 1. The summed E-state index contributed by atoms with van der Waals surface area (Å²) in [5.74, 6) is 1.24. The van der Waals surface area contributed by atoms with Gasteiger partial charge in [-0.1, -0.05) is 13.8 Å². The zero-order valence-corrected chi connectivity index (χ0v) is 17.4. The predicted octanol–water partition coefficient (Wildman–Crippen LogP) is 1.71. The zero-order chi connectivity index (χ0) is 17.7. The summed E-state index contributed by atoms with van der Waals surface area (Å²) in [6.07, 6.45) is 5.78. The highest BCUT2D eigenvalue weighted by Gasteiger charge is 2.31. The molecule has 2 aliphatic heterocycles. The molecule has 2 heterocycles. The van der Waals surface area contributed by atoms with Crippen LogP contribution in [0.25, 0.3) is 0 Å². The third-order valence-corrected chi connectivity index (χ3v) is 7.01. The lowest BCUT2D eigenvalue weighted by atomic mass is 9.85. The Morgan fingerprint density at radius 1 is 1.28 bits per heavy atom. The van der Waals surface area contributed by atoms with Crippen molar-refractivity contribution in [2.75, 3.05) is 39.0 Å². The van der Waals surface area contributed by atoms with Gasteiger partial charge in [-0.15, -0.1) is 12.4 Å². The average Bonchev–Trinajstić information content (AvgIpc) is 2.55. The van der Waals surface area contributed by atoms with Gasteiger partial charge in [-0.05, 0) is 50.6 Å². The van der Waals surface area contributed by atoms with Crippen LogP contribution < -0.4 is 5.32 Å². The molecule has 2 unspecified atom stereocenters. The summed E-state index contributed by atoms with van der Waals surface area (Å²) in [6.45, 7) is 8.03. The first kappa shape index (κ1) is 22.7. The lowest BCUT2D eigenvalue weighted by Gasteiger charge is -2.37. The van der Waals surface area contributed by atoms with Crippen LogP contribution >= 0.6 is 12.4 Å². The van der Waals surface area contributed by atoms with Gasteiger partial charge in [0.05, 0.1) is 6.26 Å². The van der Waals surface area contributed by atoms with Gasteiger partial charge in [0.25, 0.3) is 0 Å². The maximum Gasteiger partial charge on any atom is 0.222 e. The Bertz CT molecular complexity index is 515. The topological polar surface area (TPSA) is 69.7 Å². The first-order valence-electron chi connectivity index (χ1n) is 9.28. The lowest BCUT2D eigenvalue weighted by molar-refractivity contribution is -0.133. The van der Waals surface area contributed by atoms with E-state index in [0.717, 1.165) is 25.9 Å². The number of carbonyl (C=O) groups is 1. The van der Waals surface area contributed by atoms with E-state index in [1.54, 1.807) is 4.31 Å². The predicted molar refractivity (Wildman–Crippen MR) is 103 cm³/mol. The molecule has 2 fully saturated rings. The SMILES string of the molecule is CCN(C1CCN(C(=O)CC(C)C2CCCNC2)CC1)S(C)(=O)=O.Cl. The second-order valence-electron chi connectivity index (χ2n) is 7.37. The van der Waals surface area contributed by atoms with Crippen LogP contribution in [-0.2, 0) is 14.8 Å². The number of likely N-dealkylation sites (tertiary alicyclic amines) is 1. The first-order chi connectivity index (χ1) is 11.3. The van der Waals surface area contributed by atoms with Crippen LogP contribution in [0.2, 0.25) is 0 Å². The molecule has 148 valence electrons. The average molecular weight is 396 g/mol. The Labute approximate surface area is 159 Å². The van der Waals surface area contributed by atoms with Crippen LogP contribution in [0.15, 0.2) is 0 Å². The van der Waals surface area contributed by atoms with Crippen molar-refractivity contribution in [1.82, 2.24) is 14.5 Å². The third kappa shape index (κ3) is 6.38. The molecule has 2 atom stereocenters. The summed E-state index contributed by atoms with van der Waals surface area (Å²) in [4.78, 5) is 14.5. The molecule has 2 rings (SSSR count). The third-order valence-electron chi connectivity index (χ3n) is 5.60. The van der Waals surface area contributed by atoms with E-state index in [9.17, 15) is 13.2 Å². The molecule has 2 aliphatic rings. The standard InChI is InChI=1S/C17H33N3O3S.ClH/c1-4-20(24(3,22)23)16-7-10-19(11-8-16)17(21)12-14(2)15-6-5-9-18-13-15;/h14-16,18H,4-13H2,1-3H3;1H. The molecular weight excluding hydrogens is 362 g/mol. The zero-order valence-electron chi connectivity index (χ0n) is 15.7. The molecule has 25 heavy (non-hydrogen) atoms. The number of sulfonamides is 1. The van der Waals surface area contributed by atoms with Gasteiger partial charge in [0.1, 0.15) is 0 Å². The number of carbonyl (C=O) groups excluding carboxylic acids is 1. The van der Waals surface area contributed by atoms with Crippen molar-refractivity contribution in [2.24, 2.45) is 11.8 Å². The minimum atomic E-state index is -3.16. The highest BCUT2D eigenvalue weighted by Crippen LogP contribution is 2.25. The monoisotopic (exact) mass is 395 g/mol. The van der Waals surface area contributed by atoms with E-state index < -0.39 is 10.0 Å². The molecule has 0 bridgehead atoms. The maximum absolute atomic E-state index is 12.6. The van der Waals surface area contributed by atoms with Gasteiger partial charge >= 0.3 is 0 Å². The summed E-state index contributed by atoms with van der Waals surface area (Å²) in [7, 11) is -3.16. The van der Waals surface area contributed by atoms with Crippen LogP contribution in [0, 0.1) is 11.8 Å². The molecule has 0 aromatic carbocycles. The second kappa shape index (κ2) is 10.1. The van der Waals surface area contributed by atoms with E-state index in [1.165, 1.54) is 19.1 Å². The van der Waals surface area contributed by atoms with Gasteiger partial charge in [0.15, 0.2) is 0 Å². The molecule has 6 nitrogen and oxygen atoms in total. The fourth-order valence-corrected chi connectivity index (χ4v) is 5.32. The second-order valence-corrected chi connectivity index (χ2v) is 9.30. The summed E-state index contributed by atoms with van der Waals surface area (Å²) in [5, 5.41) is 3.42. The Morgan fingerprint density at radius 3 is 2.40 bits per heavy atom. The molecule has 0 saturated carbocycles. The number of nitrogens with one attached hydrogen (secondary N) is 1. The number of amides is 1. The van der Waals surface area contributed by atoms with E-state index in [2.05, 4.69) is 12.2 Å². The minimum Gasteiger partial charge on any atom is -0.343 e. The van der Waals surface area contributed by atoms with Crippen LogP contribution in [0.5, 0.6) is 0 Å². The van der Waals surface area contributed by atoms with Crippen LogP contribution in [0.3, 0.4) is 0 Å². The number of nitrogens with zero attached hydrogens (tertiary/aromatic N) is 2. The van der Waals surface area contributed by atoms with Crippen molar-refractivity contribution in [3.63, 3.8) is 0 Å². The van der Waals surface area contributed by atoms with Gasteiger partial charge in [0, 0.05) is 32.1 Å². The quantitative estimate of drug-likeness (QED) is 0.743.